The molecule has 0 aliphatic carbocycles. The van der Waals surface area contributed by atoms with Crippen LogP contribution in [0.1, 0.15) is 61.1 Å². The summed E-state index contributed by atoms with van der Waals surface area (Å²) in [4.78, 5) is 27.3. The van der Waals surface area contributed by atoms with Crippen molar-refractivity contribution in [3.8, 4) is 5.75 Å². The van der Waals surface area contributed by atoms with Gasteiger partial charge < -0.3 is 10.4 Å². The molecule has 166 valence electrons. The number of carbonyl (C=O) groups is 2. The Hall–Kier alpha value is -2.66. The summed E-state index contributed by atoms with van der Waals surface area (Å²) >= 11 is 0. The maximum atomic E-state index is 12.6. The third kappa shape index (κ3) is 6.66. The van der Waals surface area contributed by atoms with E-state index in [0.717, 1.165) is 37.9 Å². The van der Waals surface area contributed by atoms with Gasteiger partial charge in [-0.15, -0.1) is 0 Å². The molecule has 1 aliphatic rings. The van der Waals surface area contributed by atoms with Gasteiger partial charge >= 0.3 is 0 Å². The molecule has 0 saturated carbocycles. The van der Waals surface area contributed by atoms with E-state index in [1.54, 1.807) is 24.3 Å². The normalized spacial score (nSPS) is 16.3. The van der Waals surface area contributed by atoms with Crippen molar-refractivity contribution in [2.45, 2.75) is 46.1 Å². The number of nitrogens with one attached hydrogen (secondary N) is 1. The van der Waals surface area contributed by atoms with Crippen LogP contribution in [-0.4, -0.2) is 41.3 Å². The number of ketones is 1. The number of nitrogens with zero attached hydrogens (tertiary/aromatic N) is 1. The van der Waals surface area contributed by atoms with Crippen LogP contribution in [0, 0.1) is 11.8 Å². The van der Waals surface area contributed by atoms with Crippen LogP contribution >= 0.6 is 0 Å². The van der Waals surface area contributed by atoms with E-state index in [1.165, 1.54) is 5.56 Å². The molecule has 2 N–H and O–H groups in total. The highest BCUT2D eigenvalue weighted by atomic mass is 16.3. The molecule has 5 heteroatoms. The van der Waals surface area contributed by atoms with E-state index in [9.17, 15) is 14.7 Å². The molecule has 1 atom stereocenters. The van der Waals surface area contributed by atoms with Gasteiger partial charge in [0.05, 0.1) is 12.6 Å². The second-order valence-corrected chi connectivity index (χ2v) is 9.09. The number of Topliss-reactive ketones (excluding diaryl/α,β-unsaturated/α-hetero) is 1. The Kier molecular flexibility index (Phi) is 7.85. The second kappa shape index (κ2) is 10.6. The monoisotopic (exact) mass is 422 g/mol. The number of rotatable bonds is 8. The minimum Gasteiger partial charge on any atom is -0.508 e. The highest BCUT2D eigenvalue weighted by molar-refractivity contribution is 5.98. The number of aromatic hydroxyl groups is 1. The fourth-order valence-corrected chi connectivity index (χ4v) is 4.20. The molecular weight excluding hydrogens is 388 g/mol. The fraction of sp³-hybridized carbons (Fsp3) is 0.462. The zero-order valence-electron chi connectivity index (χ0n) is 18.8. The summed E-state index contributed by atoms with van der Waals surface area (Å²) in [5, 5.41) is 12.5. The van der Waals surface area contributed by atoms with Gasteiger partial charge in [0.15, 0.2) is 5.78 Å². The minimum absolute atomic E-state index is 0.0158. The van der Waals surface area contributed by atoms with E-state index in [0.29, 0.717) is 18.0 Å². The number of benzene rings is 2. The Labute approximate surface area is 185 Å². The first-order valence-electron chi connectivity index (χ1n) is 11.3. The Morgan fingerprint density at radius 1 is 1.00 bits per heavy atom. The molecule has 3 rings (SSSR count). The quantitative estimate of drug-likeness (QED) is 0.620. The summed E-state index contributed by atoms with van der Waals surface area (Å²) in [6.07, 6.45) is 2.56. The molecule has 2 aromatic rings. The zero-order chi connectivity index (χ0) is 22.4. The van der Waals surface area contributed by atoms with Crippen LogP contribution in [0.2, 0.25) is 0 Å². The Balaban J connectivity index is 1.44. The minimum atomic E-state index is -0.0331. The van der Waals surface area contributed by atoms with Gasteiger partial charge in [-0.2, -0.15) is 0 Å². The molecule has 1 aliphatic heterocycles. The summed E-state index contributed by atoms with van der Waals surface area (Å²) < 4.78 is 0. The number of phenols is 1. The van der Waals surface area contributed by atoms with Gasteiger partial charge in [-0.1, -0.05) is 38.1 Å². The van der Waals surface area contributed by atoms with E-state index in [1.807, 2.05) is 6.92 Å². The molecule has 0 bridgehead atoms. The van der Waals surface area contributed by atoms with Gasteiger partial charge in [0, 0.05) is 11.5 Å². The molecule has 1 amide bonds. The Bertz CT molecular complexity index is 867. The molecule has 2 aromatic carbocycles. The van der Waals surface area contributed by atoms with Crippen molar-refractivity contribution in [3.05, 3.63) is 65.2 Å². The van der Waals surface area contributed by atoms with E-state index in [2.05, 4.69) is 48.3 Å². The van der Waals surface area contributed by atoms with Crippen LogP contribution in [0.25, 0.3) is 0 Å². The Morgan fingerprint density at radius 2 is 1.61 bits per heavy atom. The molecule has 0 spiro atoms. The van der Waals surface area contributed by atoms with Crippen LogP contribution in [0.15, 0.2) is 48.5 Å². The third-order valence-electron chi connectivity index (χ3n) is 5.98. The maximum Gasteiger partial charge on any atom is 0.234 e. The molecule has 0 radical (unpaired) electrons. The number of carbonyl (C=O) groups excluding carboxylic acids is 2. The first-order valence-corrected chi connectivity index (χ1v) is 11.3. The highest BCUT2D eigenvalue weighted by Crippen LogP contribution is 2.23. The van der Waals surface area contributed by atoms with Crippen LogP contribution in [0.3, 0.4) is 0 Å². The van der Waals surface area contributed by atoms with E-state index >= 15 is 0 Å². The van der Waals surface area contributed by atoms with E-state index < -0.39 is 0 Å². The van der Waals surface area contributed by atoms with Crippen molar-refractivity contribution >= 4 is 11.7 Å². The highest BCUT2D eigenvalue weighted by Gasteiger charge is 2.27. The molecule has 31 heavy (non-hydrogen) atoms. The first kappa shape index (κ1) is 23.0. The number of likely N-dealkylation sites (tertiary alicyclic amines) is 1. The smallest absolute Gasteiger partial charge is 0.234 e. The number of phenolic OH excluding ortho intramolecular Hbond substituents is 1. The molecule has 0 aromatic heterocycles. The molecule has 1 heterocycles. The van der Waals surface area contributed by atoms with Crippen molar-refractivity contribution in [2.24, 2.45) is 11.8 Å². The predicted octanol–water partition coefficient (Wildman–Crippen LogP) is 4.36. The van der Waals surface area contributed by atoms with Crippen molar-refractivity contribution in [1.82, 2.24) is 10.2 Å². The van der Waals surface area contributed by atoms with Crippen molar-refractivity contribution in [3.63, 3.8) is 0 Å². The number of piperidine rings is 1. The number of amides is 1. The summed E-state index contributed by atoms with van der Waals surface area (Å²) in [5.74, 6) is 0.912. The maximum absolute atomic E-state index is 12.6. The largest absolute Gasteiger partial charge is 0.508 e. The molecule has 5 nitrogen and oxygen atoms in total. The lowest BCUT2D eigenvalue weighted by Crippen LogP contribution is -2.43. The summed E-state index contributed by atoms with van der Waals surface area (Å²) in [5.41, 5.74) is 3.07. The SMILES string of the molecule is CC(C)Cc1ccc(C(C)NC(=O)CN2CCC(C(=O)c3ccc(O)cc3)CC2)cc1. The second-order valence-electron chi connectivity index (χ2n) is 9.09. The first-order chi connectivity index (χ1) is 14.8. The number of hydrogen-bond acceptors (Lipinski definition) is 4. The lowest BCUT2D eigenvalue weighted by atomic mass is 9.89. The average molecular weight is 423 g/mol. The van der Waals surface area contributed by atoms with Gasteiger partial charge in [0.2, 0.25) is 5.91 Å². The number of hydrogen-bond donors (Lipinski definition) is 2. The Morgan fingerprint density at radius 3 is 2.19 bits per heavy atom. The predicted molar refractivity (Wildman–Crippen MR) is 123 cm³/mol. The molecule has 1 unspecified atom stereocenters. The average Bonchev–Trinajstić information content (AvgIpc) is 2.74. The van der Waals surface area contributed by atoms with Gasteiger partial charge in [0.25, 0.3) is 0 Å². The standard InChI is InChI=1S/C26H34N2O3/c1-18(2)16-20-4-6-21(7-5-20)19(3)27-25(30)17-28-14-12-23(13-15-28)26(31)22-8-10-24(29)11-9-22/h4-11,18-19,23,29H,12-17H2,1-3H3,(H,27,30). The summed E-state index contributed by atoms with van der Waals surface area (Å²) in [6.45, 7) is 8.26. The van der Waals surface area contributed by atoms with Crippen LogP contribution in [0.4, 0.5) is 0 Å². The van der Waals surface area contributed by atoms with Gasteiger partial charge in [-0.3, -0.25) is 14.5 Å². The van der Waals surface area contributed by atoms with Gasteiger partial charge in [-0.05, 0) is 80.6 Å². The van der Waals surface area contributed by atoms with E-state index in [4.69, 9.17) is 0 Å². The topological polar surface area (TPSA) is 69.6 Å². The third-order valence-corrected chi connectivity index (χ3v) is 5.98. The van der Waals surface area contributed by atoms with Crippen molar-refractivity contribution in [2.75, 3.05) is 19.6 Å². The fourth-order valence-electron chi connectivity index (χ4n) is 4.20. The van der Waals surface area contributed by atoms with E-state index in [-0.39, 0.29) is 29.4 Å². The van der Waals surface area contributed by atoms with Crippen LogP contribution in [-0.2, 0) is 11.2 Å². The van der Waals surface area contributed by atoms with Crippen molar-refractivity contribution < 1.29 is 14.7 Å². The van der Waals surface area contributed by atoms with Gasteiger partial charge in [0.1, 0.15) is 5.75 Å². The molecule has 1 fully saturated rings. The molecular formula is C26H34N2O3. The van der Waals surface area contributed by atoms with Gasteiger partial charge in [-0.25, -0.2) is 0 Å². The lowest BCUT2D eigenvalue weighted by molar-refractivity contribution is -0.123. The van der Waals surface area contributed by atoms with Crippen molar-refractivity contribution in [1.29, 1.82) is 0 Å². The summed E-state index contributed by atoms with van der Waals surface area (Å²) in [7, 11) is 0. The molecule has 1 saturated heterocycles. The van der Waals surface area contributed by atoms with Crippen LogP contribution in [0.5, 0.6) is 5.75 Å². The lowest BCUT2D eigenvalue weighted by Gasteiger charge is -2.31. The zero-order valence-corrected chi connectivity index (χ0v) is 18.8. The summed E-state index contributed by atoms with van der Waals surface area (Å²) in [6, 6.07) is 14.9. The van der Waals surface area contributed by atoms with Crippen LogP contribution < -0.4 is 5.32 Å².